The van der Waals surface area contributed by atoms with E-state index in [0.717, 1.165) is 23.8 Å². The minimum Gasteiger partial charge on any atom is -0.392 e. The molecule has 2 aromatic carbocycles. The van der Waals surface area contributed by atoms with E-state index in [4.69, 9.17) is 0 Å². The summed E-state index contributed by atoms with van der Waals surface area (Å²) < 4.78 is 2.15. The first-order valence-corrected chi connectivity index (χ1v) is 10.9. The predicted molar refractivity (Wildman–Crippen MR) is 116 cm³/mol. The number of hydrogen-bond acceptors (Lipinski definition) is 5. The Morgan fingerprint density at radius 2 is 1.68 bits per heavy atom. The molecule has 1 aromatic heterocycles. The molecule has 160 valence electrons. The van der Waals surface area contributed by atoms with Gasteiger partial charge in [-0.05, 0) is 17.5 Å². The Kier molecular flexibility index (Phi) is 5.53. The van der Waals surface area contributed by atoms with Crippen LogP contribution in [0.15, 0.2) is 60.7 Å². The number of aliphatic hydroxyl groups is 1. The molecule has 3 aromatic rings. The van der Waals surface area contributed by atoms with Gasteiger partial charge in [-0.15, -0.1) is 10.2 Å². The Morgan fingerprint density at radius 3 is 2.42 bits per heavy atom. The first-order chi connectivity index (χ1) is 15.2. The molecule has 0 bridgehead atoms. The molecule has 3 heterocycles. The van der Waals surface area contributed by atoms with Crippen molar-refractivity contribution in [1.82, 2.24) is 24.6 Å². The van der Waals surface area contributed by atoms with Gasteiger partial charge < -0.3 is 14.6 Å². The number of benzene rings is 2. The second-order valence-electron chi connectivity index (χ2n) is 8.42. The van der Waals surface area contributed by atoms with Crippen molar-refractivity contribution in [2.45, 2.75) is 44.6 Å². The lowest BCUT2D eigenvalue weighted by Gasteiger charge is -2.30. The fourth-order valence-electron chi connectivity index (χ4n) is 4.66. The summed E-state index contributed by atoms with van der Waals surface area (Å²) >= 11 is 0. The smallest absolute Gasteiger partial charge is 0.227 e. The lowest BCUT2D eigenvalue weighted by molar-refractivity contribution is -0.132. The summed E-state index contributed by atoms with van der Waals surface area (Å²) in [5, 5.41) is 19.3. The third-order valence-corrected chi connectivity index (χ3v) is 6.24. The lowest BCUT2D eigenvalue weighted by atomic mass is 10.1. The van der Waals surface area contributed by atoms with Gasteiger partial charge in [-0.25, -0.2) is 0 Å². The first kappa shape index (κ1) is 19.9. The molecule has 0 aliphatic carbocycles. The molecule has 0 spiro atoms. The van der Waals surface area contributed by atoms with E-state index in [9.17, 15) is 9.90 Å². The second kappa shape index (κ2) is 8.61. The van der Waals surface area contributed by atoms with Crippen LogP contribution in [0.1, 0.15) is 35.2 Å². The monoisotopic (exact) mass is 417 g/mol. The number of amides is 1. The van der Waals surface area contributed by atoms with Gasteiger partial charge in [0.15, 0.2) is 11.6 Å². The number of nitrogens with zero attached hydrogens (tertiary/aromatic N) is 5. The average molecular weight is 418 g/mol. The molecule has 2 aliphatic rings. The highest BCUT2D eigenvalue weighted by atomic mass is 16.3. The summed E-state index contributed by atoms with van der Waals surface area (Å²) in [5.41, 5.74) is 2.24. The zero-order valence-corrected chi connectivity index (χ0v) is 17.5. The summed E-state index contributed by atoms with van der Waals surface area (Å²) in [5.74, 6) is 1.84. The zero-order valence-electron chi connectivity index (χ0n) is 17.5. The number of β-amino-alcohol motifs (C(OH)–C–C–N with tert-alkyl or cyclic N) is 1. The molecule has 1 fully saturated rings. The summed E-state index contributed by atoms with van der Waals surface area (Å²) in [4.78, 5) is 16.9. The van der Waals surface area contributed by atoms with E-state index in [1.165, 1.54) is 5.56 Å². The molecule has 1 N–H and O–H groups in total. The number of aliphatic hydroxyl groups excluding tert-OH is 1. The number of likely N-dealkylation sites (tertiary alicyclic amines) is 1. The third-order valence-electron chi connectivity index (χ3n) is 6.24. The molecule has 7 nitrogen and oxygen atoms in total. The third kappa shape index (κ3) is 4.24. The maximum atomic E-state index is 12.8. The van der Waals surface area contributed by atoms with Gasteiger partial charge in [0, 0.05) is 26.2 Å². The van der Waals surface area contributed by atoms with Crippen LogP contribution in [0.25, 0.3) is 0 Å². The van der Waals surface area contributed by atoms with Crippen molar-refractivity contribution in [3.05, 3.63) is 83.4 Å². The maximum Gasteiger partial charge on any atom is 0.227 e. The maximum absolute atomic E-state index is 12.8. The molecule has 5 rings (SSSR count). The van der Waals surface area contributed by atoms with E-state index >= 15 is 0 Å². The van der Waals surface area contributed by atoms with E-state index in [0.29, 0.717) is 39.0 Å². The topological polar surface area (TPSA) is 74.5 Å². The largest absolute Gasteiger partial charge is 0.392 e. The minimum atomic E-state index is -0.366. The fourth-order valence-corrected chi connectivity index (χ4v) is 4.66. The number of hydrogen-bond donors (Lipinski definition) is 1. The van der Waals surface area contributed by atoms with Gasteiger partial charge in [0.05, 0.1) is 25.1 Å². The van der Waals surface area contributed by atoms with Gasteiger partial charge in [-0.1, -0.05) is 60.7 Å². The van der Waals surface area contributed by atoms with Crippen LogP contribution >= 0.6 is 0 Å². The Balaban J connectivity index is 1.30. The van der Waals surface area contributed by atoms with Crippen LogP contribution in [0.4, 0.5) is 0 Å². The van der Waals surface area contributed by atoms with Crippen LogP contribution in [0.3, 0.4) is 0 Å². The zero-order chi connectivity index (χ0) is 21.2. The Morgan fingerprint density at radius 1 is 0.968 bits per heavy atom. The van der Waals surface area contributed by atoms with Gasteiger partial charge >= 0.3 is 0 Å². The van der Waals surface area contributed by atoms with Crippen LogP contribution in [-0.2, 0) is 30.8 Å². The van der Waals surface area contributed by atoms with E-state index in [1.807, 2.05) is 53.4 Å². The number of carbonyl (C=O) groups excluding carboxylic acids is 1. The van der Waals surface area contributed by atoms with E-state index < -0.39 is 0 Å². The molecule has 1 saturated heterocycles. The molecule has 7 heteroatoms. The summed E-state index contributed by atoms with van der Waals surface area (Å²) in [7, 11) is 0. The van der Waals surface area contributed by atoms with E-state index in [-0.39, 0.29) is 18.1 Å². The van der Waals surface area contributed by atoms with Gasteiger partial charge in [-0.2, -0.15) is 0 Å². The number of rotatable bonds is 5. The molecule has 31 heavy (non-hydrogen) atoms. The van der Waals surface area contributed by atoms with Gasteiger partial charge in [0.2, 0.25) is 5.91 Å². The molecule has 2 atom stereocenters. The van der Waals surface area contributed by atoms with Crippen molar-refractivity contribution in [3.63, 3.8) is 0 Å². The molecule has 0 unspecified atom stereocenters. The highest BCUT2D eigenvalue weighted by molar-refractivity contribution is 5.78. The molecular formula is C24H27N5O2. The van der Waals surface area contributed by atoms with E-state index in [2.05, 4.69) is 31.8 Å². The second-order valence-corrected chi connectivity index (χ2v) is 8.42. The molecule has 0 saturated carbocycles. The standard InChI is InChI=1S/C24H27N5O2/c30-20-14-21(28(16-20)15-19-9-5-2-6-10-19)24-26-25-22-17-27(11-12-29(22)24)23(31)13-18-7-3-1-4-8-18/h1-10,20-21,30H,11-17H2/t20-,21+/m1/s1. The van der Waals surface area contributed by atoms with Crippen molar-refractivity contribution < 1.29 is 9.90 Å². The fraction of sp³-hybridized carbons (Fsp3) is 0.375. The normalized spacial score (nSPS) is 21.3. The van der Waals surface area contributed by atoms with Crippen LogP contribution in [0.5, 0.6) is 0 Å². The summed E-state index contributed by atoms with van der Waals surface area (Å²) in [6, 6.07) is 20.2. The SMILES string of the molecule is O=C(Cc1ccccc1)N1CCn2c(nnc2[C@@H]2C[C@@H](O)CN2Cc2ccccc2)C1. The van der Waals surface area contributed by atoms with Crippen molar-refractivity contribution >= 4 is 5.91 Å². The van der Waals surface area contributed by atoms with Crippen molar-refractivity contribution in [2.24, 2.45) is 0 Å². The first-order valence-electron chi connectivity index (χ1n) is 10.9. The number of fused-ring (bicyclic) bond motifs is 1. The van der Waals surface area contributed by atoms with Crippen molar-refractivity contribution in [3.8, 4) is 0 Å². The Labute approximate surface area is 181 Å². The average Bonchev–Trinajstić information content (AvgIpc) is 3.37. The van der Waals surface area contributed by atoms with Crippen LogP contribution in [0, 0.1) is 0 Å². The summed E-state index contributed by atoms with van der Waals surface area (Å²) in [6.45, 7) is 3.21. The lowest BCUT2D eigenvalue weighted by Crippen LogP contribution is -2.40. The molecule has 1 amide bonds. The van der Waals surface area contributed by atoms with Gasteiger partial charge in [0.25, 0.3) is 0 Å². The summed E-state index contributed by atoms with van der Waals surface area (Å²) in [6.07, 6.45) is 0.692. The quantitative estimate of drug-likeness (QED) is 0.689. The molecule has 2 aliphatic heterocycles. The molecule has 0 radical (unpaired) electrons. The van der Waals surface area contributed by atoms with Gasteiger partial charge in [-0.3, -0.25) is 9.69 Å². The van der Waals surface area contributed by atoms with Gasteiger partial charge in [0.1, 0.15) is 0 Å². The minimum absolute atomic E-state index is 0.0306. The Hall–Kier alpha value is -3.03. The number of aromatic nitrogens is 3. The Bertz CT molecular complexity index is 1040. The van der Waals surface area contributed by atoms with Crippen LogP contribution in [-0.4, -0.2) is 54.8 Å². The van der Waals surface area contributed by atoms with Crippen molar-refractivity contribution in [2.75, 3.05) is 13.1 Å². The van der Waals surface area contributed by atoms with Crippen molar-refractivity contribution in [1.29, 1.82) is 0 Å². The van der Waals surface area contributed by atoms with Crippen LogP contribution in [0.2, 0.25) is 0 Å². The highest BCUT2D eigenvalue weighted by Crippen LogP contribution is 2.33. The van der Waals surface area contributed by atoms with Crippen LogP contribution < -0.4 is 0 Å². The predicted octanol–water partition coefficient (Wildman–Crippen LogP) is 2.17. The van der Waals surface area contributed by atoms with E-state index in [1.54, 1.807) is 0 Å². The highest BCUT2D eigenvalue weighted by Gasteiger charge is 2.37. The number of carbonyl (C=O) groups is 1. The molecular weight excluding hydrogens is 390 g/mol.